The Hall–Kier alpha value is -2.33. The number of rotatable bonds is 2. The van der Waals surface area contributed by atoms with Crippen molar-refractivity contribution in [2.45, 2.75) is 19.9 Å². The molecule has 23 heavy (non-hydrogen) atoms. The minimum atomic E-state index is 0.0179. The summed E-state index contributed by atoms with van der Waals surface area (Å²) in [6, 6.07) is 5.85. The normalized spacial score (nSPS) is 28.3. The molecule has 2 aliphatic rings. The van der Waals surface area contributed by atoms with Crippen LogP contribution in [0.15, 0.2) is 58.8 Å². The first kappa shape index (κ1) is 15.6. The zero-order chi connectivity index (χ0) is 16.2. The monoisotopic (exact) mass is 308 g/mol. The highest BCUT2D eigenvalue weighted by atomic mass is 16.5. The summed E-state index contributed by atoms with van der Waals surface area (Å²) in [5, 5.41) is 0. The summed E-state index contributed by atoms with van der Waals surface area (Å²) in [5.41, 5.74) is 2.87. The SMILES string of the molecule is CC1N=C(/C=C2\COC/C(=C\c3ccccn3)C2=O)C=C[C@H]1C. The summed E-state index contributed by atoms with van der Waals surface area (Å²) >= 11 is 0. The molecule has 1 unspecified atom stereocenters. The van der Waals surface area contributed by atoms with Crippen molar-refractivity contribution in [2.75, 3.05) is 13.2 Å². The van der Waals surface area contributed by atoms with Gasteiger partial charge in [-0.25, -0.2) is 0 Å². The van der Waals surface area contributed by atoms with Crippen LogP contribution in [0.1, 0.15) is 19.5 Å². The number of ether oxygens (including phenoxy) is 1. The lowest BCUT2D eigenvalue weighted by Gasteiger charge is -2.20. The number of hydrogen-bond donors (Lipinski definition) is 0. The van der Waals surface area contributed by atoms with Gasteiger partial charge in [0.2, 0.25) is 0 Å². The van der Waals surface area contributed by atoms with Gasteiger partial charge in [0.15, 0.2) is 5.78 Å². The van der Waals surface area contributed by atoms with Crippen LogP contribution in [0, 0.1) is 5.92 Å². The first-order valence-corrected chi connectivity index (χ1v) is 7.84. The third kappa shape index (κ3) is 3.71. The van der Waals surface area contributed by atoms with Crippen molar-refractivity contribution in [3.05, 3.63) is 59.5 Å². The fourth-order valence-corrected chi connectivity index (χ4v) is 2.53. The van der Waals surface area contributed by atoms with Crippen molar-refractivity contribution in [1.29, 1.82) is 0 Å². The molecule has 4 nitrogen and oxygen atoms in total. The number of ketones is 1. The molecule has 0 amide bonds. The maximum atomic E-state index is 12.6. The van der Waals surface area contributed by atoms with Gasteiger partial charge in [0, 0.05) is 17.3 Å². The van der Waals surface area contributed by atoms with Crippen molar-refractivity contribution < 1.29 is 9.53 Å². The Morgan fingerprint density at radius 3 is 2.65 bits per heavy atom. The Balaban J connectivity index is 1.83. The molecule has 0 spiro atoms. The largest absolute Gasteiger partial charge is 0.372 e. The summed E-state index contributed by atoms with van der Waals surface area (Å²) < 4.78 is 5.56. The van der Waals surface area contributed by atoms with Crippen molar-refractivity contribution in [2.24, 2.45) is 10.9 Å². The molecule has 0 bridgehead atoms. The number of aromatic nitrogens is 1. The van der Waals surface area contributed by atoms with E-state index in [0.29, 0.717) is 30.3 Å². The molecule has 3 rings (SSSR count). The second kappa shape index (κ2) is 6.84. The van der Waals surface area contributed by atoms with Gasteiger partial charge in [-0.05, 0) is 43.2 Å². The van der Waals surface area contributed by atoms with Crippen LogP contribution in [0.5, 0.6) is 0 Å². The molecule has 0 saturated carbocycles. The quantitative estimate of drug-likeness (QED) is 0.789. The molecule has 2 aliphatic heterocycles. The Kier molecular flexibility index (Phi) is 4.63. The number of pyridine rings is 1. The fourth-order valence-electron chi connectivity index (χ4n) is 2.53. The van der Waals surface area contributed by atoms with Gasteiger partial charge in [-0.1, -0.05) is 19.1 Å². The van der Waals surface area contributed by atoms with Crippen molar-refractivity contribution in [3.8, 4) is 0 Å². The number of Topliss-reactive ketones (excluding diaryl/α,β-unsaturated/α-hetero) is 1. The highest BCUT2D eigenvalue weighted by Crippen LogP contribution is 2.19. The Morgan fingerprint density at radius 1 is 1.17 bits per heavy atom. The molecule has 1 aromatic heterocycles. The number of aliphatic imine (C=N–C) groups is 1. The topological polar surface area (TPSA) is 51.6 Å². The highest BCUT2D eigenvalue weighted by Gasteiger charge is 2.22. The molecule has 1 fully saturated rings. The highest BCUT2D eigenvalue weighted by molar-refractivity contribution is 6.17. The average Bonchev–Trinajstić information content (AvgIpc) is 2.56. The smallest absolute Gasteiger partial charge is 0.189 e. The summed E-state index contributed by atoms with van der Waals surface area (Å²) in [6.45, 7) is 4.87. The summed E-state index contributed by atoms with van der Waals surface area (Å²) in [4.78, 5) is 21.5. The lowest BCUT2D eigenvalue weighted by atomic mass is 9.96. The zero-order valence-electron chi connectivity index (χ0n) is 13.4. The van der Waals surface area contributed by atoms with Crippen molar-refractivity contribution in [3.63, 3.8) is 0 Å². The van der Waals surface area contributed by atoms with Gasteiger partial charge >= 0.3 is 0 Å². The molecule has 4 heteroatoms. The zero-order valence-corrected chi connectivity index (χ0v) is 13.4. The maximum absolute atomic E-state index is 12.6. The lowest BCUT2D eigenvalue weighted by molar-refractivity contribution is -0.114. The second-order valence-electron chi connectivity index (χ2n) is 5.93. The number of dihydropyridines is 1. The van der Waals surface area contributed by atoms with Gasteiger partial charge in [0.25, 0.3) is 0 Å². The molecule has 118 valence electrons. The predicted molar refractivity (Wildman–Crippen MR) is 91.3 cm³/mol. The van der Waals surface area contributed by atoms with E-state index in [4.69, 9.17) is 4.74 Å². The summed E-state index contributed by atoms with van der Waals surface area (Å²) in [6.07, 6.45) is 9.44. The maximum Gasteiger partial charge on any atom is 0.189 e. The van der Waals surface area contributed by atoms with Gasteiger partial charge in [-0.3, -0.25) is 14.8 Å². The fraction of sp³-hybridized carbons (Fsp3) is 0.316. The molecule has 1 aromatic rings. The first-order valence-electron chi connectivity index (χ1n) is 7.84. The summed E-state index contributed by atoms with van der Waals surface area (Å²) in [7, 11) is 0. The van der Waals surface area contributed by atoms with Crippen LogP contribution in [0.4, 0.5) is 0 Å². The van der Waals surface area contributed by atoms with Crippen LogP contribution in [0.2, 0.25) is 0 Å². The Morgan fingerprint density at radius 2 is 1.96 bits per heavy atom. The van der Waals surface area contributed by atoms with E-state index in [-0.39, 0.29) is 11.8 Å². The van der Waals surface area contributed by atoms with Crippen LogP contribution in [0.3, 0.4) is 0 Å². The standard InChI is InChI=1S/C19H20N2O2/c1-13-6-7-18(21-14(13)2)10-16-12-23-11-15(19(16)22)9-17-5-3-4-8-20-17/h3-10,13-14H,11-12H2,1-2H3/b15-9+,16-10+/t13-,14?/m1/s1. The van der Waals surface area contributed by atoms with E-state index >= 15 is 0 Å². The number of allylic oxidation sites excluding steroid dienone is 2. The minimum absolute atomic E-state index is 0.0179. The van der Waals surface area contributed by atoms with Crippen LogP contribution in [-0.4, -0.2) is 35.7 Å². The van der Waals surface area contributed by atoms with Crippen molar-refractivity contribution in [1.82, 2.24) is 4.98 Å². The van der Waals surface area contributed by atoms with Gasteiger partial charge < -0.3 is 4.74 Å². The second-order valence-corrected chi connectivity index (χ2v) is 5.93. The Labute approximate surface area is 136 Å². The van der Waals surface area contributed by atoms with E-state index in [1.165, 1.54) is 0 Å². The van der Waals surface area contributed by atoms with Gasteiger partial charge in [-0.2, -0.15) is 0 Å². The molecular formula is C19H20N2O2. The molecule has 0 N–H and O–H groups in total. The molecule has 0 radical (unpaired) electrons. The molecule has 0 aromatic carbocycles. The number of hydrogen-bond acceptors (Lipinski definition) is 4. The third-order valence-electron chi connectivity index (χ3n) is 4.11. The van der Waals surface area contributed by atoms with E-state index in [9.17, 15) is 4.79 Å². The molecule has 0 aliphatic carbocycles. The van der Waals surface area contributed by atoms with Crippen LogP contribution in [-0.2, 0) is 9.53 Å². The van der Waals surface area contributed by atoms with Crippen molar-refractivity contribution >= 4 is 17.6 Å². The first-order chi connectivity index (χ1) is 11.1. The van der Waals surface area contributed by atoms with E-state index in [1.54, 1.807) is 12.3 Å². The number of carbonyl (C=O) groups is 1. The summed E-state index contributed by atoms with van der Waals surface area (Å²) in [5.74, 6) is 0.444. The van der Waals surface area contributed by atoms with Crippen LogP contribution >= 0.6 is 0 Å². The number of nitrogens with zero attached hydrogens (tertiary/aromatic N) is 2. The molecule has 1 saturated heterocycles. The molecular weight excluding hydrogens is 288 g/mol. The van der Waals surface area contributed by atoms with Crippen LogP contribution in [0.25, 0.3) is 6.08 Å². The third-order valence-corrected chi connectivity index (χ3v) is 4.11. The predicted octanol–water partition coefficient (Wildman–Crippen LogP) is 3.03. The minimum Gasteiger partial charge on any atom is -0.372 e. The van der Waals surface area contributed by atoms with E-state index < -0.39 is 0 Å². The lowest BCUT2D eigenvalue weighted by Crippen LogP contribution is -2.23. The van der Waals surface area contributed by atoms with Gasteiger partial charge in [-0.15, -0.1) is 0 Å². The molecule has 3 heterocycles. The van der Waals surface area contributed by atoms with E-state index in [2.05, 4.69) is 29.9 Å². The van der Waals surface area contributed by atoms with Crippen LogP contribution < -0.4 is 0 Å². The van der Waals surface area contributed by atoms with Gasteiger partial charge in [0.05, 0.1) is 30.7 Å². The Bertz CT molecular complexity index is 714. The van der Waals surface area contributed by atoms with E-state index in [1.807, 2.05) is 30.4 Å². The van der Waals surface area contributed by atoms with Gasteiger partial charge in [0.1, 0.15) is 0 Å². The van der Waals surface area contributed by atoms with E-state index in [0.717, 1.165) is 11.4 Å². The molecule has 2 atom stereocenters. The number of carbonyl (C=O) groups excluding carboxylic acids is 1. The average molecular weight is 308 g/mol.